The Labute approximate surface area is 239 Å². The maximum Gasteiger partial charge on any atom is 0.260 e. The van der Waals surface area contributed by atoms with Crippen LogP contribution in [0, 0.1) is 0 Å². The zero-order valence-corrected chi connectivity index (χ0v) is 22.9. The zero-order chi connectivity index (χ0) is 27.2. The second-order valence-corrected chi connectivity index (χ2v) is 11.3. The molecule has 5 aromatic rings. The van der Waals surface area contributed by atoms with E-state index in [9.17, 15) is 0 Å². The predicted molar refractivity (Wildman–Crippen MR) is 168 cm³/mol. The van der Waals surface area contributed by atoms with Crippen LogP contribution in [0.1, 0.15) is 0 Å². The maximum atomic E-state index is 6.51. The third-order valence-electron chi connectivity index (χ3n) is 8.86. The number of rotatable bonds is 2. The monoisotopic (exact) mass is 534 g/mol. The molecule has 198 valence electrons. The van der Waals surface area contributed by atoms with Crippen LogP contribution in [-0.2, 0) is 0 Å². The summed E-state index contributed by atoms with van der Waals surface area (Å²) < 4.78 is 13.0. The Kier molecular flexibility index (Phi) is 4.57. The quantitative estimate of drug-likeness (QED) is 0.272. The van der Waals surface area contributed by atoms with E-state index in [4.69, 9.17) is 9.47 Å². The molecular formula is C34H27BN4O2. The summed E-state index contributed by atoms with van der Waals surface area (Å²) in [4.78, 5) is 9.34. The van der Waals surface area contributed by atoms with Gasteiger partial charge in [0, 0.05) is 30.9 Å². The van der Waals surface area contributed by atoms with E-state index in [1.54, 1.807) is 0 Å². The highest BCUT2D eigenvalue weighted by Crippen LogP contribution is 2.43. The lowest BCUT2D eigenvalue weighted by atomic mass is 9.35. The third-order valence-corrected chi connectivity index (χ3v) is 8.86. The van der Waals surface area contributed by atoms with Crippen LogP contribution >= 0.6 is 0 Å². The van der Waals surface area contributed by atoms with Gasteiger partial charge in [-0.1, -0.05) is 30.3 Å². The van der Waals surface area contributed by atoms with Gasteiger partial charge >= 0.3 is 0 Å². The van der Waals surface area contributed by atoms with Crippen molar-refractivity contribution in [3.05, 3.63) is 103 Å². The Hall–Kier alpha value is -5.04. The van der Waals surface area contributed by atoms with Crippen molar-refractivity contribution in [2.45, 2.75) is 0 Å². The van der Waals surface area contributed by atoms with E-state index >= 15 is 0 Å². The molecule has 0 unspecified atom stereocenters. The number of fused-ring (bicyclic) bond motifs is 6. The Morgan fingerprint density at radius 2 is 0.976 bits per heavy atom. The fourth-order valence-electron chi connectivity index (χ4n) is 6.95. The lowest BCUT2D eigenvalue weighted by Crippen LogP contribution is -2.57. The Morgan fingerprint density at radius 3 is 1.46 bits per heavy atom. The summed E-state index contributed by atoms with van der Waals surface area (Å²) in [7, 11) is 4.29. The van der Waals surface area contributed by atoms with Crippen LogP contribution < -0.4 is 45.5 Å². The van der Waals surface area contributed by atoms with Gasteiger partial charge in [0.1, 0.15) is 23.0 Å². The minimum absolute atomic E-state index is 0.000229. The van der Waals surface area contributed by atoms with Crippen molar-refractivity contribution >= 4 is 57.2 Å². The first-order chi connectivity index (χ1) is 20.1. The third kappa shape index (κ3) is 3.20. The largest absolute Gasteiger partial charge is 0.458 e. The van der Waals surface area contributed by atoms with Crippen molar-refractivity contribution in [2.75, 3.05) is 47.0 Å². The summed E-state index contributed by atoms with van der Waals surface area (Å²) in [5.41, 5.74) is 10.7. The average molecular weight is 534 g/mol. The van der Waals surface area contributed by atoms with Crippen molar-refractivity contribution in [3.63, 3.8) is 0 Å². The molecule has 5 aromatic carbocycles. The molecule has 0 aliphatic carbocycles. The fraction of sp³-hybridized carbons (Fsp3) is 0.118. The Balaban J connectivity index is 1.20. The molecule has 0 N–H and O–H groups in total. The molecule has 4 heterocycles. The average Bonchev–Trinajstić information content (AvgIpc) is 3.53. The van der Waals surface area contributed by atoms with E-state index in [1.807, 2.05) is 6.07 Å². The van der Waals surface area contributed by atoms with E-state index in [-0.39, 0.29) is 6.71 Å². The van der Waals surface area contributed by atoms with Gasteiger partial charge in [-0.05, 0) is 83.7 Å². The molecular weight excluding hydrogens is 507 g/mol. The van der Waals surface area contributed by atoms with Crippen LogP contribution in [0.3, 0.4) is 0 Å². The molecule has 0 radical (unpaired) electrons. The van der Waals surface area contributed by atoms with Crippen molar-refractivity contribution < 1.29 is 9.47 Å². The fourth-order valence-corrected chi connectivity index (χ4v) is 6.95. The standard InChI is InChI=1S/C34H27BN4O2/c1-36-20-38(28-10-5-3-8-26(28)36)22-14-16-30-24(18-22)35-25-19-23(39-21-37(2)27-9-4-6-11-29(27)39)15-17-31(25)41-33-13-7-12-32(40-30)34(33)35/h3-19H,20-21H2,1-2H3. The molecule has 4 aliphatic rings. The summed E-state index contributed by atoms with van der Waals surface area (Å²) in [5.74, 6) is 3.52. The molecule has 4 aliphatic heterocycles. The van der Waals surface area contributed by atoms with Crippen molar-refractivity contribution in [3.8, 4) is 23.0 Å². The molecule has 6 nitrogen and oxygen atoms in total. The SMILES string of the molecule is CN1CN(c2ccc3c(c2)B2c4cc(N5CN(C)c6ccccc65)ccc4Oc4cccc(c42)O3)c2ccccc21. The van der Waals surface area contributed by atoms with Gasteiger partial charge < -0.3 is 29.1 Å². The molecule has 0 atom stereocenters. The van der Waals surface area contributed by atoms with Gasteiger partial charge in [0.15, 0.2) is 0 Å². The van der Waals surface area contributed by atoms with E-state index in [0.717, 1.165) is 64.1 Å². The highest BCUT2D eigenvalue weighted by atomic mass is 16.5. The lowest BCUT2D eigenvalue weighted by Gasteiger charge is -2.34. The lowest BCUT2D eigenvalue weighted by molar-refractivity contribution is 0.464. The summed E-state index contributed by atoms with van der Waals surface area (Å²) in [6.07, 6.45) is 0. The molecule has 7 heteroatoms. The summed E-state index contributed by atoms with van der Waals surface area (Å²) in [6.45, 7) is 1.61. The predicted octanol–water partition coefficient (Wildman–Crippen LogP) is 5.51. The minimum Gasteiger partial charge on any atom is -0.458 e. The van der Waals surface area contributed by atoms with E-state index in [1.165, 1.54) is 22.7 Å². The van der Waals surface area contributed by atoms with Crippen LogP contribution in [0.25, 0.3) is 0 Å². The number of anilines is 6. The van der Waals surface area contributed by atoms with E-state index < -0.39 is 0 Å². The zero-order valence-electron chi connectivity index (χ0n) is 22.9. The first-order valence-corrected chi connectivity index (χ1v) is 14.1. The number of nitrogens with zero attached hydrogens (tertiary/aromatic N) is 4. The van der Waals surface area contributed by atoms with Gasteiger partial charge in [0.25, 0.3) is 6.71 Å². The smallest absolute Gasteiger partial charge is 0.260 e. The number of hydrogen-bond donors (Lipinski definition) is 0. The van der Waals surface area contributed by atoms with E-state index in [2.05, 4.69) is 131 Å². The van der Waals surface area contributed by atoms with Gasteiger partial charge in [0.2, 0.25) is 0 Å². The minimum atomic E-state index is -0.000229. The van der Waals surface area contributed by atoms with Crippen molar-refractivity contribution in [1.82, 2.24) is 0 Å². The molecule has 0 fully saturated rings. The number of para-hydroxylation sites is 4. The Morgan fingerprint density at radius 1 is 0.512 bits per heavy atom. The van der Waals surface area contributed by atoms with Crippen LogP contribution in [0.4, 0.5) is 34.1 Å². The number of hydrogen-bond acceptors (Lipinski definition) is 6. The molecule has 9 rings (SSSR count). The first kappa shape index (κ1) is 22.7. The second-order valence-electron chi connectivity index (χ2n) is 11.3. The van der Waals surface area contributed by atoms with Crippen molar-refractivity contribution in [1.29, 1.82) is 0 Å². The van der Waals surface area contributed by atoms with Gasteiger partial charge in [-0.15, -0.1) is 0 Å². The number of ether oxygens (including phenoxy) is 2. The molecule has 0 aromatic heterocycles. The molecule has 0 saturated carbocycles. The highest BCUT2D eigenvalue weighted by Gasteiger charge is 2.41. The Bertz CT molecular complexity index is 1760. The van der Waals surface area contributed by atoms with Gasteiger partial charge in [-0.25, -0.2) is 0 Å². The van der Waals surface area contributed by atoms with Crippen LogP contribution in [0.15, 0.2) is 103 Å². The summed E-state index contributed by atoms with van der Waals surface area (Å²) in [5, 5.41) is 0. The van der Waals surface area contributed by atoms with Crippen LogP contribution in [0.5, 0.6) is 23.0 Å². The number of benzene rings is 5. The summed E-state index contributed by atoms with van der Waals surface area (Å²) >= 11 is 0. The summed E-state index contributed by atoms with van der Waals surface area (Å²) in [6, 6.07) is 36.6. The van der Waals surface area contributed by atoms with Crippen LogP contribution in [-0.4, -0.2) is 34.1 Å². The normalized spacial score (nSPS) is 15.5. The molecule has 0 amide bonds. The van der Waals surface area contributed by atoms with Crippen molar-refractivity contribution in [2.24, 2.45) is 0 Å². The van der Waals surface area contributed by atoms with Gasteiger partial charge in [-0.2, -0.15) is 0 Å². The van der Waals surface area contributed by atoms with Gasteiger partial charge in [0.05, 0.1) is 36.1 Å². The molecule has 0 saturated heterocycles. The highest BCUT2D eigenvalue weighted by molar-refractivity contribution is 6.98. The molecule has 0 bridgehead atoms. The van der Waals surface area contributed by atoms with Gasteiger partial charge in [-0.3, -0.25) is 0 Å². The topological polar surface area (TPSA) is 31.4 Å². The maximum absolute atomic E-state index is 6.51. The van der Waals surface area contributed by atoms with E-state index in [0.29, 0.717) is 0 Å². The molecule has 41 heavy (non-hydrogen) atoms. The molecule has 0 spiro atoms. The van der Waals surface area contributed by atoms with Crippen LogP contribution in [0.2, 0.25) is 0 Å². The first-order valence-electron chi connectivity index (χ1n) is 14.1. The second kappa shape index (κ2) is 8.24.